The predicted molar refractivity (Wildman–Crippen MR) is 61.1 cm³/mol. The van der Waals surface area contributed by atoms with Crippen molar-refractivity contribution in [1.29, 1.82) is 0 Å². The summed E-state index contributed by atoms with van der Waals surface area (Å²) >= 11 is 0. The van der Waals surface area contributed by atoms with E-state index in [0.717, 1.165) is 23.3 Å². The van der Waals surface area contributed by atoms with Gasteiger partial charge in [-0.25, -0.2) is 0 Å². The Labute approximate surface area is 94.8 Å². The Bertz CT molecular complexity index is 476. The first-order valence-corrected chi connectivity index (χ1v) is 5.39. The van der Waals surface area contributed by atoms with E-state index < -0.39 is 6.10 Å². The molecule has 0 amide bonds. The number of hydrogen-bond acceptors (Lipinski definition) is 3. The Kier molecular flexibility index (Phi) is 3.06. The Morgan fingerprint density at radius 1 is 1.38 bits per heavy atom. The van der Waals surface area contributed by atoms with Crippen LogP contribution < -0.4 is 0 Å². The molecule has 0 spiro atoms. The van der Waals surface area contributed by atoms with Gasteiger partial charge >= 0.3 is 0 Å². The maximum Gasteiger partial charge on any atom is 0.138 e. The van der Waals surface area contributed by atoms with Crippen LogP contribution in [0.15, 0.2) is 35.0 Å². The molecular weight excluding hydrogens is 202 g/mol. The lowest BCUT2D eigenvalue weighted by Gasteiger charge is -2.08. The Morgan fingerprint density at radius 3 is 2.81 bits per heavy atom. The van der Waals surface area contributed by atoms with Crippen molar-refractivity contribution in [3.05, 3.63) is 53.2 Å². The monoisotopic (exact) mass is 217 g/mol. The minimum atomic E-state index is -0.729. The number of aliphatic hydroxyl groups excluding tert-OH is 1. The van der Waals surface area contributed by atoms with Gasteiger partial charge in [0, 0.05) is 24.4 Å². The fourth-order valence-corrected chi connectivity index (χ4v) is 1.62. The molecule has 0 radical (unpaired) electrons. The van der Waals surface area contributed by atoms with Gasteiger partial charge < -0.3 is 9.52 Å². The number of rotatable bonds is 3. The molecule has 0 aliphatic carbocycles. The molecule has 3 nitrogen and oxygen atoms in total. The second kappa shape index (κ2) is 4.49. The molecule has 0 bridgehead atoms. The molecule has 1 unspecified atom stereocenters. The third kappa shape index (κ3) is 2.14. The van der Waals surface area contributed by atoms with Gasteiger partial charge in [-0.15, -0.1) is 0 Å². The van der Waals surface area contributed by atoms with Crippen LogP contribution in [0.4, 0.5) is 0 Å². The van der Waals surface area contributed by atoms with Crippen LogP contribution >= 0.6 is 0 Å². The summed E-state index contributed by atoms with van der Waals surface area (Å²) in [6.07, 6.45) is 3.52. The van der Waals surface area contributed by atoms with Gasteiger partial charge in [-0.2, -0.15) is 0 Å². The van der Waals surface area contributed by atoms with E-state index in [1.165, 1.54) is 0 Å². The highest BCUT2D eigenvalue weighted by atomic mass is 16.4. The van der Waals surface area contributed by atoms with Crippen molar-refractivity contribution in [3.8, 4) is 0 Å². The minimum Gasteiger partial charge on any atom is -0.463 e. The first kappa shape index (κ1) is 10.9. The van der Waals surface area contributed by atoms with Crippen molar-refractivity contribution in [1.82, 2.24) is 4.98 Å². The van der Waals surface area contributed by atoms with Gasteiger partial charge in [0.15, 0.2) is 0 Å². The summed E-state index contributed by atoms with van der Waals surface area (Å²) in [5.41, 5.74) is 1.79. The van der Waals surface area contributed by atoms with E-state index in [9.17, 15) is 5.11 Å². The summed E-state index contributed by atoms with van der Waals surface area (Å²) in [7, 11) is 0. The van der Waals surface area contributed by atoms with Crippen LogP contribution in [0.1, 0.15) is 35.7 Å². The van der Waals surface area contributed by atoms with E-state index in [1.807, 2.05) is 32.0 Å². The number of furan rings is 1. The largest absolute Gasteiger partial charge is 0.463 e. The molecule has 16 heavy (non-hydrogen) atoms. The van der Waals surface area contributed by atoms with Crippen molar-refractivity contribution in [2.45, 2.75) is 26.4 Å². The van der Waals surface area contributed by atoms with Gasteiger partial charge in [0.25, 0.3) is 0 Å². The molecule has 2 heterocycles. The molecule has 0 aliphatic rings. The van der Waals surface area contributed by atoms with Crippen molar-refractivity contribution >= 4 is 0 Å². The fourth-order valence-electron chi connectivity index (χ4n) is 1.62. The number of aliphatic hydroxyl groups is 1. The van der Waals surface area contributed by atoms with Crippen molar-refractivity contribution in [2.24, 2.45) is 0 Å². The minimum absolute atomic E-state index is 0.573. The third-order valence-corrected chi connectivity index (χ3v) is 2.51. The SMILES string of the molecule is CCc1ccc(C(O)c2cncc(C)c2)o1. The standard InChI is InChI=1S/C13H15NO2/c1-3-11-4-5-12(16-11)13(15)10-6-9(2)7-14-8-10/h4-8,13,15H,3H2,1-2H3. The van der Waals surface area contributed by atoms with E-state index in [1.54, 1.807) is 12.4 Å². The molecule has 84 valence electrons. The zero-order valence-electron chi connectivity index (χ0n) is 9.47. The maximum atomic E-state index is 10.1. The first-order chi connectivity index (χ1) is 7.70. The van der Waals surface area contributed by atoms with Crippen LogP contribution in [0, 0.1) is 6.92 Å². The highest BCUT2D eigenvalue weighted by Crippen LogP contribution is 2.23. The molecule has 3 heteroatoms. The van der Waals surface area contributed by atoms with Crippen LogP contribution in [0.3, 0.4) is 0 Å². The van der Waals surface area contributed by atoms with Crippen molar-refractivity contribution < 1.29 is 9.52 Å². The molecule has 1 N–H and O–H groups in total. The lowest BCUT2D eigenvalue weighted by molar-refractivity contribution is 0.186. The van der Waals surface area contributed by atoms with Gasteiger partial charge in [0.05, 0.1) is 0 Å². The number of pyridine rings is 1. The van der Waals surface area contributed by atoms with Crippen LogP contribution in [0.25, 0.3) is 0 Å². The van der Waals surface area contributed by atoms with E-state index in [2.05, 4.69) is 4.98 Å². The molecule has 0 saturated carbocycles. The van der Waals surface area contributed by atoms with E-state index in [0.29, 0.717) is 5.76 Å². The number of aromatic nitrogens is 1. The number of nitrogens with zero attached hydrogens (tertiary/aromatic N) is 1. The predicted octanol–water partition coefficient (Wildman–Crippen LogP) is 2.63. The summed E-state index contributed by atoms with van der Waals surface area (Å²) < 4.78 is 5.51. The molecular formula is C13H15NO2. The Hall–Kier alpha value is -1.61. The average molecular weight is 217 g/mol. The summed E-state index contributed by atoms with van der Waals surface area (Å²) in [4.78, 5) is 4.06. The molecule has 0 saturated heterocycles. The fraction of sp³-hybridized carbons (Fsp3) is 0.308. The van der Waals surface area contributed by atoms with Gasteiger partial charge in [-0.1, -0.05) is 6.92 Å². The van der Waals surface area contributed by atoms with E-state index >= 15 is 0 Å². The molecule has 2 aromatic rings. The summed E-state index contributed by atoms with van der Waals surface area (Å²) in [5.74, 6) is 1.46. The first-order valence-electron chi connectivity index (χ1n) is 5.39. The molecule has 1 atom stereocenters. The topological polar surface area (TPSA) is 46.3 Å². The number of aryl methyl sites for hydroxylation is 2. The van der Waals surface area contributed by atoms with Gasteiger partial charge in [0.2, 0.25) is 0 Å². The zero-order chi connectivity index (χ0) is 11.5. The smallest absolute Gasteiger partial charge is 0.138 e. The van der Waals surface area contributed by atoms with Gasteiger partial charge in [-0.05, 0) is 30.7 Å². The Balaban J connectivity index is 2.27. The highest BCUT2D eigenvalue weighted by molar-refractivity contribution is 5.25. The second-order valence-corrected chi connectivity index (χ2v) is 3.86. The third-order valence-electron chi connectivity index (χ3n) is 2.51. The molecule has 2 aromatic heterocycles. The van der Waals surface area contributed by atoms with Crippen molar-refractivity contribution in [3.63, 3.8) is 0 Å². The summed E-state index contributed by atoms with van der Waals surface area (Å²) in [6.45, 7) is 3.96. The number of hydrogen-bond donors (Lipinski definition) is 1. The second-order valence-electron chi connectivity index (χ2n) is 3.86. The summed E-state index contributed by atoms with van der Waals surface area (Å²) in [6, 6.07) is 5.61. The average Bonchev–Trinajstić information content (AvgIpc) is 2.76. The normalized spacial score (nSPS) is 12.7. The Morgan fingerprint density at radius 2 is 2.19 bits per heavy atom. The lowest BCUT2D eigenvalue weighted by Crippen LogP contribution is -1.99. The van der Waals surface area contributed by atoms with Gasteiger partial charge in [-0.3, -0.25) is 4.98 Å². The van der Waals surface area contributed by atoms with Gasteiger partial charge in [0.1, 0.15) is 17.6 Å². The quantitative estimate of drug-likeness (QED) is 0.859. The molecule has 0 aliphatic heterocycles. The highest BCUT2D eigenvalue weighted by Gasteiger charge is 2.14. The maximum absolute atomic E-state index is 10.1. The zero-order valence-corrected chi connectivity index (χ0v) is 9.47. The van der Waals surface area contributed by atoms with Crippen molar-refractivity contribution in [2.75, 3.05) is 0 Å². The van der Waals surface area contributed by atoms with Crippen LogP contribution in [0.5, 0.6) is 0 Å². The van der Waals surface area contributed by atoms with Crippen LogP contribution in [-0.2, 0) is 6.42 Å². The van der Waals surface area contributed by atoms with E-state index in [-0.39, 0.29) is 0 Å². The lowest BCUT2D eigenvalue weighted by atomic mass is 10.1. The summed E-state index contributed by atoms with van der Waals surface area (Å²) in [5, 5.41) is 10.1. The molecule has 0 aromatic carbocycles. The van der Waals surface area contributed by atoms with E-state index in [4.69, 9.17) is 4.42 Å². The molecule has 0 fully saturated rings. The van der Waals surface area contributed by atoms with Crippen LogP contribution in [0.2, 0.25) is 0 Å². The van der Waals surface area contributed by atoms with Crippen LogP contribution in [-0.4, -0.2) is 10.1 Å². The molecule has 2 rings (SSSR count).